The summed E-state index contributed by atoms with van der Waals surface area (Å²) in [6.07, 6.45) is -3.44. The third kappa shape index (κ3) is 12.8. The average Bonchev–Trinajstić information content (AvgIpc) is 2.41. The van der Waals surface area contributed by atoms with Gasteiger partial charge in [-0.3, -0.25) is 0 Å². The zero-order valence-corrected chi connectivity index (χ0v) is 14.5. The van der Waals surface area contributed by atoms with Crippen LogP contribution in [0.5, 0.6) is 0 Å². The van der Waals surface area contributed by atoms with Crippen LogP contribution in [0.1, 0.15) is 20.8 Å². The van der Waals surface area contributed by atoms with Crippen LogP contribution in [0.25, 0.3) is 0 Å². The van der Waals surface area contributed by atoms with Crippen molar-refractivity contribution < 1.29 is 48.7 Å². The summed E-state index contributed by atoms with van der Waals surface area (Å²) in [4.78, 5) is 41.0. The van der Waals surface area contributed by atoms with Crippen molar-refractivity contribution in [2.24, 2.45) is 0 Å². The van der Waals surface area contributed by atoms with Gasteiger partial charge in [0.05, 0.1) is 18.5 Å². The largest absolute Gasteiger partial charge is 2.00 e. The summed E-state index contributed by atoms with van der Waals surface area (Å²) < 4.78 is 13.3. The molecule has 0 saturated carbocycles. The van der Waals surface area contributed by atoms with E-state index in [4.69, 9.17) is 5.11 Å². The van der Waals surface area contributed by atoms with E-state index in [1.54, 1.807) is 13.8 Å². The second-order valence-corrected chi connectivity index (χ2v) is 3.40. The summed E-state index contributed by atoms with van der Waals surface area (Å²) in [5, 5.41) is 28.3. The van der Waals surface area contributed by atoms with Crippen LogP contribution in [0.4, 0.5) is 0 Å². The smallest absolute Gasteiger partial charge is 0.547 e. The van der Waals surface area contributed by atoms with Crippen LogP contribution in [0.15, 0.2) is 0 Å². The van der Waals surface area contributed by atoms with Gasteiger partial charge in [-0.25, -0.2) is 9.59 Å². The number of carboxylic acids is 3. The fourth-order valence-corrected chi connectivity index (χ4v) is 1.02. The standard InChI is InChI=1S/C7H12O5.C5H8O5.Mg/c1-3-11-5(6(8)9)7(10)12-4-2;1-2-10-3(4(6)7)5(8)9;/h5H,3-4H2,1-2H3,(H,8,9);3H,2H2,1H3,(H,6,7)(H,8,9);/q;;+2/p-2. The minimum absolute atomic E-state index is 0. The SMILES string of the molecule is CCOC(=O)C(OCC)C(=O)[O-].CCOC(C(=O)[O-])C(=O)O.[Mg+2]. The van der Waals surface area contributed by atoms with Gasteiger partial charge < -0.3 is 39.1 Å². The number of carbonyl (C=O) groups is 4. The molecule has 0 aromatic heterocycles. The maximum Gasteiger partial charge on any atom is 2.00 e. The molecule has 0 aliphatic rings. The Balaban J connectivity index is -0.000000338. The summed E-state index contributed by atoms with van der Waals surface area (Å²) in [5.74, 6) is -5.76. The number of aliphatic carboxylic acids is 3. The molecule has 11 heteroatoms. The first-order valence-corrected chi connectivity index (χ1v) is 6.27. The monoisotopic (exact) mass is 346 g/mol. The van der Waals surface area contributed by atoms with E-state index in [1.807, 2.05) is 0 Å². The Labute approximate surface area is 148 Å². The van der Waals surface area contributed by atoms with E-state index in [0.29, 0.717) is 0 Å². The molecule has 0 amide bonds. The summed E-state index contributed by atoms with van der Waals surface area (Å²) in [6, 6.07) is 0. The van der Waals surface area contributed by atoms with Gasteiger partial charge in [-0.1, -0.05) is 0 Å². The first-order valence-electron chi connectivity index (χ1n) is 6.27. The van der Waals surface area contributed by atoms with Gasteiger partial charge in [-0.05, 0) is 20.8 Å². The molecule has 23 heavy (non-hydrogen) atoms. The molecule has 0 radical (unpaired) electrons. The summed E-state index contributed by atoms with van der Waals surface area (Å²) in [7, 11) is 0. The number of hydrogen-bond donors (Lipinski definition) is 1. The summed E-state index contributed by atoms with van der Waals surface area (Å²) >= 11 is 0. The maximum atomic E-state index is 10.8. The van der Waals surface area contributed by atoms with Crippen LogP contribution in [0.3, 0.4) is 0 Å². The molecule has 0 aromatic carbocycles. The van der Waals surface area contributed by atoms with E-state index in [-0.39, 0.29) is 42.9 Å². The van der Waals surface area contributed by atoms with Crippen LogP contribution in [-0.2, 0) is 33.4 Å². The van der Waals surface area contributed by atoms with Gasteiger partial charge in [0, 0.05) is 13.2 Å². The number of hydrogen-bond acceptors (Lipinski definition) is 9. The molecule has 0 bridgehead atoms. The molecule has 0 rings (SSSR count). The van der Waals surface area contributed by atoms with Crippen LogP contribution >= 0.6 is 0 Å². The van der Waals surface area contributed by atoms with Crippen molar-refractivity contribution in [2.75, 3.05) is 19.8 Å². The van der Waals surface area contributed by atoms with Gasteiger partial charge in [0.1, 0.15) is 0 Å². The van der Waals surface area contributed by atoms with Crippen molar-refractivity contribution in [2.45, 2.75) is 33.0 Å². The van der Waals surface area contributed by atoms with E-state index in [9.17, 15) is 29.4 Å². The van der Waals surface area contributed by atoms with Gasteiger partial charge in [0.15, 0.2) is 12.2 Å². The molecule has 0 saturated heterocycles. The number of rotatable bonds is 9. The number of carbonyl (C=O) groups excluding carboxylic acids is 3. The zero-order valence-electron chi connectivity index (χ0n) is 13.1. The number of ether oxygens (including phenoxy) is 3. The predicted octanol–water partition coefficient (Wildman–Crippen LogP) is -3.45. The Morgan fingerprint density at radius 1 is 0.870 bits per heavy atom. The number of carboxylic acid groups (broad SMARTS) is 3. The van der Waals surface area contributed by atoms with Crippen molar-refractivity contribution in [1.29, 1.82) is 0 Å². The third-order valence-corrected chi connectivity index (χ3v) is 1.82. The van der Waals surface area contributed by atoms with E-state index >= 15 is 0 Å². The van der Waals surface area contributed by atoms with Gasteiger partial charge in [-0.15, -0.1) is 0 Å². The molecule has 2 atom stereocenters. The fraction of sp³-hybridized carbons (Fsp3) is 0.667. The molecule has 2 unspecified atom stereocenters. The molecular formula is C12H18MgO10. The molecule has 0 spiro atoms. The first kappa shape index (κ1) is 26.5. The van der Waals surface area contributed by atoms with Gasteiger partial charge in [0.25, 0.3) is 0 Å². The molecule has 1 N–H and O–H groups in total. The van der Waals surface area contributed by atoms with E-state index in [1.165, 1.54) is 6.92 Å². The molecular weight excluding hydrogens is 328 g/mol. The quantitative estimate of drug-likeness (QED) is 0.252. The summed E-state index contributed by atoms with van der Waals surface area (Å²) in [5.41, 5.74) is 0. The second kappa shape index (κ2) is 15.5. The molecule has 0 fully saturated rings. The Kier molecular flexibility index (Phi) is 17.8. The minimum Gasteiger partial charge on any atom is -0.547 e. The Bertz CT molecular complexity index is 370. The number of esters is 1. The van der Waals surface area contributed by atoms with Crippen molar-refractivity contribution in [3.8, 4) is 0 Å². The average molecular weight is 347 g/mol. The van der Waals surface area contributed by atoms with Gasteiger partial charge >= 0.3 is 35.0 Å². The normalized spacial score (nSPS) is 11.8. The van der Waals surface area contributed by atoms with Gasteiger partial charge in [0.2, 0.25) is 0 Å². The van der Waals surface area contributed by atoms with Crippen LogP contribution < -0.4 is 10.2 Å². The van der Waals surface area contributed by atoms with Crippen molar-refractivity contribution >= 4 is 46.9 Å². The maximum absolute atomic E-state index is 10.8. The Morgan fingerprint density at radius 3 is 1.48 bits per heavy atom. The predicted molar refractivity (Wildman–Crippen MR) is 70.9 cm³/mol. The molecule has 0 heterocycles. The molecule has 0 aliphatic heterocycles. The zero-order chi connectivity index (χ0) is 17.7. The third-order valence-electron chi connectivity index (χ3n) is 1.82. The van der Waals surface area contributed by atoms with Crippen LogP contribution in [-0.4, -0.2) is 84.1 Å². The van der Waals surface area contributed by atoms with Crippen molar-refractivity contribution in [3.63, 3.8) is 0 Å². The Hall–Kier alpha value is -1.43. The Morgan fingerprint density at radius 2 is 1.26 bits per heavy atom. The summed E-state index contributed by atoms with van der Waals surface area (Å²) in [6.45, 7) is 4.93. The van der Waals surface area contributed by atoms with Crippen molar-refractivity contribution in [1.82, 2.24) is 0 Å². The molecule has 0 aliphatic carbocycles. The topological polar surface area (TPSA) is 162 Å². The van der Waals surface area contributed by atoms with E-state index in [0.717, 1.165) is 0 Å². The van der Waals surface area contributed by atoms with Crippen LogP contribution in [0, 0.1) is 0 Å². The minimum atomic E-state index is -1.84. The fourth-order valence-electron chi connectivity index (χ4n) is 1.02. The van der Waals surface area contributed by atoms with Gasteiger partial charge in [-0.2, -0.15) is 0 Å². The molecule has 128 valence electrons. The van der Waals surface area contributed by atoms with E-state index in [2.05, 4.69) is 14.2 Å². The second-order valence-electron chi connectivity index (χ2n) is 3.40. The first-order chi connectivity index (χ1) is 10.2. The molecule has 0 aromatic rings. The van der Waals surface area contributed by atoms with Crippen molar-refractivity contribution in [3.05, 3.63) is 0 Å². The van der Waals surface area contributed by atoms with E-state index < -0.39 is 36.1 Å². The molecule has 10 nitrogen and oxygen atoms in total. The van der Waals surface area contributed by atoms with Crippen LogP contribution in [0.2, 0.25) is 0 Å².